The molecule has 0 aliphatic heterocycles. The number of para-hydroxylation sites is 1. The minimum atomic E-state index is -0.191. The molecule has 0 aliphatic carbocycles. The molecule has 98 valence electrons. The fourth-order valence-electron chi connectivity index (χ4n) is 1.82. The number of carbonyl (C=O) groups excluding carboxylic acids is 1. The summed E-state index contributed by atoms with van der Waals surface area (Å²) in [6.45, 7) is 2.17. The summed E-state index contributed by atoms with van der Waals surface area (Å²) >= 11 is 0. The van der Waals surface area contributed by atoms with Gasteiger partial charge in [-0.1, -0.05) is 55.5 Å². The van der Waals surface area contributed by atoms with E-state index >= 15 is 0 Å². The van der Waals surface area contributed by atoms with Crippen molar-refractivity contribution in [3.05, 3.63) is 54.6 Å². The number of hydrogen-bond acceptors (Lipinski definition) is 2. The number of hydrogen-bond donors (Lipinski definition) is 2. The van der Waals surface area contributed by atoms with Crippen molar-refractivity contribution in [1.29, 1.82) is 0 Å². The van der Waals surface area contributed by atoms with Crippen molar-refractivity contribution in [2.45, 2.75) is 6.92 Å². The van der Waals surface area contributed by atoms with Crippen molar-refractivity contribution in [3.63, 3.8) is 0 Å². The zero-order valence-corrected chi connectivity index (χ0v) is 11.0. The van der Waals surface area contributed by atoms with Crippen LogP contribution in [-0.4, -0.2) is 12.5 Å². The smallest absolute Gasteiger partial charge is 0.228 e. The van der Waals surface area contributed by atoms with Crippen molar-refractivity contribution >= 4 is 11.6 Å². The lowest BCUT2D eigenvalue weighted by molar-refractivity contribution is -0.119. The SMILES string of the molecule is CC(CN)C(=O)Nc1ccccc1-c1ccccc1. The molecule has 0 spiro atoms. The van der Waals surface area contributed by atoms with E-state index in [1.807, 2.05) is 61.5 Å². The highest BCUT2D eigenvalue weighted by molar-refractivity contribution is 5.96. The molecule has 2 aromatic carbocycles. The van der Waals surface area contributed by atoms with E-state index in [4.69, 9.17) is 5.73 Å². The average Bonchev–Trinajstić information content (AvgIpc) is 2.47. The Balaban J connectivity index is 2.30. The maximum atomic E-state index is 11.9. The fourth-order valence-corrected chi connectivity index (χ4v) is 1.82. The van der Waals surface area contributed by atoms with Gasteiger partial charge in [-0.3, -0.25) is 4.79 Å². The van der Waals surface area contributed by atoms with Gasteiger partial charge in [0, 0.05) is 23.7 Å². The van der Waals surface area contributed by atoms with Gasteiger partial charge in [0.15, 0.2) is 0 Å². The van der Waals surface area contributed by atoms with Crippen LogP contribution in [0.15, 0.2) is 54.6 Å². The molecule has 3 N–H and O–H groups in total. The summed E-state index contributed by atoms with van der Waals surface area (Å²) in [6.07, 6.45) is 0. The second-order valence-corrected chi connectivity index (χ2v) is 4.54. The molecule has 1 atom stereocenters. The van der Waals surface area contributed by atoms with Crippen molar-refractivity contribution in [3.8, 4) is 11.1 Å². The third-order valence-corrected chi connectivity index (χ3v) is 3.07. The number of benzene rings is 2. The van der Waals surface area contributed by atoms with Gasteiger partial charge in [0.1, 0.15) is 0 Å². The lowest BCUT2D eigenvalue weighted by Gasteiger charge is -2.13. The molecule has 2 aromatic rings. The second kappa shape index (κ2) is 6.16. The fraction of sp³-hybridized carbons (Fsp3) is 0.188. The predicted molar refractivity (Wildman–Crippen MR) is 78.7 cm³/mol. The summed E-state index contributed by atoms with van der Waals surface area (Å²) in [4.78, 5) is 11.9. The lowest BCUT2D eigenvalue weighted by atomic mass is 10.0. The highest BCUT2D eigenvalue weighted by Crippen LogP contribution is 2.27. The van der Waals surface area contributed by atoms with Crippen molar-refractivity contribution < 1.29 is 4.79 Å². The van der Waals surface area contributed by atoms with Crippen LogP contribution in [0.5, 0.6) is 0 Å². The highest BCUT2D eigenvalue weighted by Gasteiger charge is 2.13. The number of amides is 1. The molecule has 0 aromatic heterocycles. The number of nitrogens with one attached hydrogen (secondary N) is 1. The Kier molecular flexibility index (Phi) is 4.31. The van der Waals surface area contributed by atoms with Gasteiger partial charge in [-0.05, 0) is 11.6 Å². The van der Waals surface area contributed by atoms with Crippen molar-refractivity contribution in [2.24, 2.45) is 11.7 Å². The van der Waals surface area contributed by atoms with Gasteiger partial charge in [0.05, 0.1) is 0 Å². The molecule has 0 saturated carbocycles. The maximum Gasteiger partial charge on any atom is 0.228 e. The molecule has 2 rings (SSSR count). The Morgan fingerprint density at radius 2 is 1.74 bits per heavy atom. The van der Waals surface area contributed by atoms with E-state index in [0.717, 1.165) is 16.8 Å². The Morgan fingerprint density at radius 1 is 1.11 bits per heavy atom. The monoisotopic (exact) mass is 254 g/mol. The van der Waals surface area contributed by atoms with Crippen LogP contribution < -0.4 is 11.1 Å². The number of anilines is 1. The minimum absolute atomic E-state index is 0.0501. The Morgan fingerprint density at radius 3 is 2.42 bits per heavy atom. The van der Waals surface area contributed by atoms with Gasteiger partial charge >= 0.3 is 0 Å². The molecule has 0 radical (unpaired) electrons. The summed E-state index contributed by atoms with van der Waals surface area (Å²) in [7, 11) is 0. The van der Waals surface area contributed by atoms with E-state index in [0.29, 0.717) is 6.54 Å². The van der Waals surface area contributed by atoms with E-state index in [-0.39, 0.29) is 11.8 Å². The third kappa shape index (κ3) is 3.20. The zero-order valence-electron chi connectivity index (χ0n) is 11.0. The summed E-state index contributed by atoms with van der Waals surface area (Å²) in [5.41, 5.74) is 8.43. The Hall–Kier alpha value is -2.13. The van der Waals surface area contributed by atoms with E-state index in [2.05, 4.69) is 5.32 Å². The molecule has 0 fully saturated rings. The van der Waals surface area contributed by atoms with E-state index < -0.39 is 0 Å². The molecular formula is C16H18N2O. The molecule has 1 amide bonds. The number of rotatable bonds is 4. The molecule has 0 heterocycles. The summed E-state index contributed by atoms with van der Waals surface area (Å²) in [5.74, 6) is -0.241. The van der Waals surface area contributed by atoms with Crippen LogP contribution in [0, 0.1) is 5.92 Å². The summed E-state index contributed by atoms with van der Waals surface area (Å²) in [5, 5.41) is 2.94. The molecular weight excluding hydrogens is 236 g/mol. The topological polar surface area (TPSA) is 55.1 Å². The third-order valence-electron chi connectivity index (χ3n) is 3.07. The Bertz CT molecular complexity index is 552. The lowest BCUT2D eigenvalue weighted by Crippen LogP contribution is -2.26. The van der Waals surface area contributed by atoms with Gasteiger partial charge in [-0.15, -0.1) is 0 Å². The maximum absolute atomic E-state index is 11.9. The van der Waals surface area contributed by atoms with E-state index in [1.54, 1.807) is 0 Å². The quantitative estimate of drug-likeness (QED) is 0.881. The first-order valence-electron chi connectivity index (χ1n) is 6.37. The summed E-state index contributed by atoms with van der Waals surface area (Å²) < 4.78 is 0. The second-order valence-electron chi connectivity index (χ2n) is 4.54. The average molecular weight is 254 g/mol. The normalized spacial score (nSPS) is 11.9. The Labute approximate surface area is 113 Å². The van der Waals surface area contributed by atoms with Gasteiger partial charge in [0.25, 0.3) is 0 Å². The summed E-state index contributed by atoms with van der Waals surface area (Å²) in [6, 6.07) is 17.8. The first-order valence-corrected chi connectivity index (χ1v) is 6.37. The van der Waals surface area contributed by atoms with Crippen LogP contribution in [0.25, 0.3) is 11.1 Å². The molecule has 0 aliphatic rings. The van der Waals surface area contributed by atoms with Crippen molar-refractivity contribution in [1.82, 2.24) is 0 Å². The van der Waals surface area contributed by atoms with Gasteiger partial charge in [-0.2, -0.15) is 0 Å². The minimum Gasteiger partial charge on any atom is -0.330 e. The standard InChI is InChI=1S/C16H18N2O/c1-12(11-17)16(19)18-15-10-6-5-9-14(15)13-7-3-2-4-8-13/h2-10,12H,11,17H2,1H3,(H,18,19). The molecule has 0 bridgehead atoms. The van der Waals surface area contributed by atoms with Crippen LogP contribution in [0.2, 0.25) is 0 Å². The number of nitrogens with two attached hydrogens (primary N) is 1. The first kappa shape index (κ1) is 13.3. The number of carbonyl (C=O) groups is 1. The zero-order chi connectivity index (χ0) is 13.7. The van der Waals surface area contributed by atoms with Crippen LogP contribution in [0.3, 0.4) is 0 Å². The predicted octanol–water partition coefficient (Wildman–Crippen LogP) is 2.89. The first-order chi connectivity index (χ1) is 9.22. The van der Waals surface area contributed by atoms with Gasteiger partial charge < -0.3 is 11.1 Å². The largest absolute Gasteiger partial charge is 0.330 e. The molecule has 3 nitrogen and oxygen atoms in total. The van der Waals surface area contributed by atoms with Gasteiger partial charge in [0.2, 0.25) is 5.91 Å². The van der Waals surface area contributed by atoms with Crippen LogP contribution in [-0.2, 0) is 4.79 Å². The molecule has 1 unspecified atom stereocenters. The van der Waals surface area contributed by atoms with Crippen LogP contribution in [0.4, 0.5) is 5.69 Å². The highest BCUT2D eigenvalue weighted by atomic mass is 16.1. The molecule has 3 heteroatoms. The molecule has 0 saturated heterocycles. The van der Waals surface area contributed by atoms with Crippen molar-refractivity contribution in [2.75, 3.05) is 11.9 Å². The molecule has 19 heavy (non-hydrogen) atoms. The van der Waals surface area contributed by atoms with Gasteiger partial charge in [-0.25, -0.2) is 0 Å². The van der Waals surface area contributed by atoms with Crippen LogP contribution in [0.1, 0.15) is 6.92 Å². The van der Waals surface area contributed by atoms with E-state index in [9.17, 15) is 4.79 Å². The van der Waals surface area contributed by atoms with E-state index in [1.165, 1.54) is 0 Å². The van der Waals surface area contributed by atoms with Crippen LogP contribution >= 0.6 is 0 Å².